The number of anilines is 1. The van der Waals surface area contributed by atoms with Crippen molar-refractivity contribution < 1.29 is 9.47 Å². The zero-order valence-electron chi connectivity index (χ0n) is 12.0. The summed E-state index contributed by atoms with van der Waals surface area (Å²) >= 11 is 1.77. The molecule has 0 aliphatic carbocycles. The zero-order chi connectivity index (χ0) is 14.5. The molecule has 0 bridgehead atoms. The second kappa shape index (κ2) is 6.72. The molecule has 0 unspecified atom stereocenters. The van der Waals surface area contributed by atoms with Gasteiger partial charge < -0.3 is 14.8 Å². The fourth-order valence-electron chi connectivity index (χ4n) is 2.06. The van der Waals surface area contributed by atoms with Crippen molar-refractivity contribution in [1.29, 1.82) is 0 Å². The number of nitrogens with zero attached hydrogens (tertiary/aromatic N) is 1. The highest BCUT2D eigenvalue weighted by Crippen LogP contribution is 2.34. The number of hydrogen-bond donors (Lipinski definition) is 1. The van der Waals surface area contributed by atoms with Gasteiger partial charge in [-0.1, -0.05) is 6.07 Å². The first kappa shape index (κ1) is 14.1. The van der Waals surface area contributed by atoms with E-state index in [1.807, 2.05) is 25.4 Å². The second-order valence-electron chi connectivity index (χ2n) is 4.75. The smallest absolute Gasteiger partial charge is 0.162 e. The normalized spacial score (nSPS) is 13.6. The highest BCUT2D eigenvalue weighted by Gasteiger charge is 2.10. The highest BCUT2D eigenvalue weighted by molar-refractivity contribution is 7.98. The van der Waals surface area contributed by atoms with Crippen LogP contribution in [0.15, 0.2) is 41.4 Å². The van der Waals surface area contributed by atoms with Gasteiger partial charge in [-0.15, -0.1) is 11.8 Å². The molecule has 0 saturated heterocycles. The Kier molecular flexibility index (Phi) is 4.50. The molecule has 0 radical (unpaired) electrons. The van der Waals surface area contributed by atoms with E-state index < -0.39 is 0 Å². The van der Waals surface area contributed by atoms with E-state index in [0.717, 1.165) is 42.7 Å². The van der Waals surface area contributed by atoms with Crippen molar-refractivity contribution in [2.75, 3.05) is 25.6 Å². The minimum Gasteiger partial charge on any atom is -0.490 e. The van der Waals surface area contributed by atoms with Crippen LogP contribution >= 0.6 is 11.8 Å². The van der Waals surface area contributed by atoms with E-state index in [2.05, 4.69) is 28.5 Å². The van der Waals surface area contributed by atoms with E-state index in [1.54, 1.807) is 11.8 Å². The highest BCUT2D eigenvalue weighted by atomic mass is 32.2. The average Bonchev–Trinajstić information content (AvgIpc) is 2.78. The van der Waals surface area contributed by atoms with Crippen LogP contribution in [0.5, 0.6) is 11.5 Å². The van der Waals surface area contributed by atoms with Crippen LogP contribution in [0.4, 0.5) is 5.82 Å². The molecule has 2 aromatic rings. The summed E-state index contributed by atoms with van der Waals surface area (Å²) in [6, 6.07) is 10.2. The van der Waals surface area contributed by atoms with E-state index in [0.29, 0.717) is 0 Å². The SMILES string of the molecule is CNc1ccc(CSc2ccc3c(c2)OCCCO3)cn1. The van der Waals surface area contributed by atoms with E-state index in [9.17, 15) is 0 Å². The summed E-state index contributed by atoms with van der Waals surface area (Å²) < 4.78 is 11.4. The minimum absolute atomic E-state index is 0.719. The van der Waals surface area contributed by atoms with Crippen LogP contribution in [0.3, 0.4) is 0 Å². The van der Waals surface area contributed by atoms with Gasteiger partial charge >= 0.3 is 0 Å². The number of fused-ring (bicyclic) bond motifs is 1. The van der Waals surface area contributed by atoms with Crippen LogP contribution in [-0.4, -0.2) is 25.2 Å². The Bertz CT molecular complexity index is 602. The summed E-state index contributed by atoms with van der Waals surface area (Å²) in [5, 5.41) is 3.02. The average molecular weight is 302 g/mol. The van der Waals surface area contributed by atoms with Crippen LogP contribution in [0.25, 0.3) is 0 Å². The largest absolute Gasteiger partial charge is 0.490 e. The maximum Gasteiger partial charge on any atom is 0.162 e. The van der Waals surface area contributed by atoms with Crippen molar-refractivity contribution in [2.45, 2.75) is 17.1 Å². The Balaban J connectivity index is 1.66. The van der Waals surface area contributed by atoms with Crippen LogP contribution in [0, 0.1) is 0 Å². The minimum atomic E-state index is 0.719. The molecule has 1 aliphatic heterocycles. The number of pyridine rings is 1. The summed E-state index contributed by atoms with van der Waals surface area (Å²) in [6.07, 6.45) is 2.84. The molecule has 1 aromatic heterocycles. The predicted octanol–water partition coefficient (Wildman–Crippen LogP) is 3.58. The van der Waals surface area contributed by atoms with Gasteiger partial charge in [-0.3, -0.25) is 0 Å². The maximum absolute atomic E-state index is 5.71. The van der Waals surface area contributed by atoms with Crippen molar-refractivity contribution >= 4 is 17.6 Å². The molecule has 2 heterocycles. The van der Waals surface area contributed by atoms with Crippen LogP contribution in [0.1, 0.15) is 12.0 Å². The summed E-state index contributed by atoms with van der Waals surface area (Å²) in [4.78, 5) is 5.50. The Hall–Kier alpha value is -1.88. The van der Waals surface area contributed by atoms with Crippen molar-refractivity contribution in [3.05, 3.63) is 42.1 Å². The number of benzene rings is 1. The first-order chi connectivity index (χ1) is 10.3. The van der Waals surface area contributed by atoms with Gasteiger partial charge in [0.05, 0.1) is 13.2 Å². The van der Waals surface area contributed by atoms with Crippen LogP contribution < -0.4 is 14.8 Å². The second-order valence-corrected chi connectivity index (χ2v) is 5.80. The van der Waals surface area contributed by atoms with Gasteiger partial charge in [0.2, 0.25) is 0 Å². The molecule has 0 atom stereocenters. The third-order valence-corrected chi connectivity index (χ3v) is 4.27. The first-order valence-corrected chi connectivity index (χ1v) is 7.99. The summed E-state index contributed by atoms with van der Waals surface area (Å²) in [7, 11) is 1.87. The lowest BCUT2D eigenvalue weighted by molar-refractivity contribution is 0.297. The monoisotopic (exact) mass is 302 g/mol. The van der Waals surface area contributed by atoms with Gasteiger partial charge in [-0.25, -0.2) is 4.98 Å². The molecule has 3 rings (SSSR count). The maximum atomic E-state index is 5.71. The fourth-order valence-corrected chi connectivity index (χ4v) is 2.92. The Morgan fingerprint density at radius 3 is 2.76 bits per heavy atom. The van der Waals surface area contributed by atoms with Gasteiger partial charge in [-0.05, 0) is 29.8 Å². The van der Waals surface area contributed by atoms with Gasteiger partial charge in [0.25, 0.3) is 0 Å². The Labute approximate surface area is 128 Å². The zero-order valence-corrected chi connectivity index (χ0v) is 12.8. The third-order valence-electron chi connectivity index (χ3n) is 3.21. The van der Waals surface area contributed by atoms with Crippen molar-refractivity contribution in [1.82, 2.24) is 4.98 Å². The van der Waals surface area contributed by atoms with Gasteiger partial charge in [0, 0.05) is 30.3 Å². The molecule has 5 heteroatoms. The Morgan fingerprint density at radius 1 is 1.14 bits per heavy atom. The third kappa shape index (κ3) is 3.61. The lowest BCUT2D eigenvalue weighted by atomic mass is 10.3. The molecule has 1 aromatic carbocycles. The number of thioether (sulfide) groups is 1. The molecule has 0 saturated carbocycles. The van der Waals surface area contributed by atoms with Crippen LogP contribution in [0.2, 0.25) is 0 Å². The molecule has 1 aliphatic rings. The lowest BCUT2D eigenvalue weighted by Gasteiger charge is -2.09. The number of nitrogens with one attached hydrogen (secondary N) is 1. The van der Waals surface area contributed by atoms with E-state index in [1.165, 1.54) is 10.5 Å². The summed E-state index contributed by atoms with van der Waals surface area (Å²) in [5.41, 5.74) is 1.20. The number of ether oxygens (including phenoxy) is 2. The molecular formula is C16H18N2O2S. The quantitative estimate of drug-likeness (QED) is 0.875. The first-order valence-electron chi connectivity index (χ1n) is 7.00. The van der Waals surface area contributed by atoms with Gasteiger partial charge in [0.1, 0.15) is 5.82 Å². The van der Waals surface area contributed by atoms with Crippen molar-refractivity contribution in [2.24, 2.45) is 0 Å². The molecular weight excluding hydrogens is 284 g/mol. The van der Waals surface area contributed by atoms with Gasteiger partial charge in [-0.2, -0.15) is 0 Å². The molecule has 1 N–H and O–H groups in total. The number of rotatable bonds is 4. The summed E-state index contributed by atoms with van der Waals surface area (Å²) in [5.74, 6) is 3.47. The molecule has 21 heavy (non-hydrogen) atoms. The molecule has 0 amide bonds. The molecule has 4 nitrogen and oxygen atoms in total. The molecule has 110 valence electrons. The Morgan fingerprint density at radius 2 is 2.00 bits per heavy atom. The lowest BCUT2D eigenvalue weighted by Crippen LogP contribution is -1.97. The van der Waals surface area contributed by atoms with E-state index in [4.69, 9.17) is 9.47 Å². The van der Waals surface area contributed by atoms with Crippen molar-refractivity contribution in [3.63, 3.8) is 0 Å². The standard InChI is InChI=1S/C16H18N2O2S/c1-17-16-6-3-12(10-18-16)11-21-13-4-5-14-15(9-13)20-8-2-7-19-14/h3-6,9-10H,2,7-8,11H2,1H3,(H,17,18). The fraction of sp³-hybridized carbons (Fsp3) is 0.312. The van der Waals surface area contributed by atoms with Gasteiger partial charge in [0.15, 0.2) is 11.5 Å². The molecule has 0 fully saturated rings. The number of hydrogen-bond acceptors (Lipinski definition) is 5. The number of aromatic nitrogens is 1. The van der Waals surface area contributed by atoms with Crippen molar-refractivity contribution in [3.8, 4) is 11.5 Å². The van der Waals surface area contributed by atoms with E-state index in [-0.39, 0.29) is 0 Å². The molecule has 0 spiro atoms. The van der Waals surface area contributed by atoms with Crippen LogP contribution in [-0.2, 0) is 5.75 Å². The topological polar surface area (TPSA) is 43.4 Å². The summed E-state index contributed by atoms with van der Waals surface area (Å²) in [6.45, 7) is 1.44. The predicted molar refractivity (Wildman–Crippen MR) is 85.4 cm³/mol. The van der Waals surface area contributed by atoms with E-state index >= 15 is 0 Å².